The minimum atomic E-state index is 0.370. The van der Waals surface area contributed by atoms with Crippen molar-refractivity contribution in [3.05, 3.63) is 0 Å². The summed E-state index contributed by atoms with van der Waals surface area (Å²) in [5, 5.41) is 0.883. The summed E-state index contributed by atoms with van der Waals surface area (Å²) in [7, 11) is 0.370. The Kier molecular flexibility index (Phi) is 2.63. The fourth-order valence-corrected chi connectivity index (χ4v) is 8.68. The van der Waals surface area contributed by atoms with Gasteiger partial charge in [-0.1, -0.05) is 13.8 Å². The van der Waals surface area contributed by atoms with Gasteiger partial charge in [0.25, 0.3) is 0 Å². The molecule has 0 atom stereocenters. The zero-order valence-electron chi connectivity index (χ0n) is 10.3. The van der Waals surface area contributed by atoms with E-state index in [0.717, 1.165) is 22.9 Å². The lowest BCUT2D eigenvalue weighted by molar-refractivity contribution is 0.0355. The molecule has 4 saturated carbocycles. The van der Waals surface area contributed by atoms with E-state index < -0.39 is 0 Å². The van der Waals surface area contributed by atoms with Crippen molar-refractivity contribution >= 4 is 7.92 Å². The average Bonchev–Trinajstić information content (AvgIpc) is 2.16. The minimum Gasteiger partial charge on any atom is -0.101 e. The molecule has 0 saturated heterocycles. The first-order chi connectivity index (χ1) is 7.25. The maximum Gasteiger partial charge on any atom is -0.00867 e. The first-order valence-corrected chi connectivity index (χ1v) is 8.72. The van der Waals surface area contributed by atoms with Crippen LogP contribution in [0.15, 0.2) is 0 Å². The molecule has 0 amide bonds. The first kappa shape index (κ1) is 10.6. The molecule has 4 fully saturated rings. The molecule has 4 aliphatic carbocycles. The Morgan fingerprint density at radius 2 is 1.27 bits per heavy atom. The molecule has 0 heterocycles. The van der Waals surface area contributed by atoms with E-state index in [4.69, 9.17) is 0 Å². The topological polar surface area (TPSA) is 0 Å². The van der Waals surface area contributed by atoms with Gasteiger partial charge in [0, 0.05) is 0 Å². The van der Waals surface area contributed by atoms with Crippen molar-refractivity contribution in [2.45, 2.75) is 57.5 Å². The van der Waals surface area contributed by atoms with Crippen LogP contribution in [-0.4, -0.2) is 17.5 Å². The van der Waals surface area contributed by atoms with E-state index >= 15 is 0 Å². The van der Waals surface area contributed by atoms with Gasteiger partial charge in [0.2, 0.25) is 0 Å². The van der Waals surface area contributed by atoms with Gasteiger partial charge in [-0.3, -0.25) is 0 Å². The quantitative estimate of drug-likeness (QED) is 0.620. The third-order valence-electron chi connectivity index (χ3n) is 5.44. The molecule has 4 aliphatic rings. The Bertz CT molecular complexity index is 206. The van der Waals surface area contributed by atoms with E-state index in [1.807, 2.05) is 0 Å². The molecule has 0 aliphatic heterocycles. The largest absolute Gasteiger partial charge is 0.101 e. The highest BCUT2D eigenvalue weighted by molar-refractivity contribution is 7.59. The number of hydrogen-bond donors (Lipinski definition) is 0. The van der Waals surface area contributed by atoms with Crippen LogP contribution in [0, 0.1) is 17.8 Å². The molecular weight excluding hydrogens is 199 g/mol. The molecule has 0 aromatic carbocycles. The van der Waals surface area contributed by atoms with Crippen molar-refractivity contribution in [3.63, 3.8) is 0 Å². The van der Waals surface area contributed by atoms with E-state index in [1.165, 1.54) is 12.3 Å². The molecule has 0 radical (unpaired) electrons. The van der Waals surface area contributed by atoms with Crippen molar-refractivity contribution in [1.82, 2.24) is 0 Å². The van der Waals surface area contributed by atoms with Crippen LogP contribution in [0.5, 0.6) is 0 Å². The van der Waals surface area contributed by atoms with Crippen molar-refractivity contribution < 1.29 is 0 Å². The molecule has 86 valence electrons. The zero-order chi connectivity index (χ0) is 10.5. The van der Waals surface area contributed by atoms with Gasteiger partial charge in [-0.15, -0.1) is 7.92 Å². The molecular formula is C14H25P. The van der Waals surface area contributed by atoms with Crippen molar-refractivity contribution in [2.24, 2.45) is 17.8 Å². The molecule has 1 heteroatoms. The van der Waals surface area contributed by atoms with Crippen LogP contribution in [0.25, 0.3) is 0 Å². The van der Waals surface area contributed by atoms with Crippen LogP contribution < -0.4 is 0 Å². The Morgan fingerprint density at radius 3 is 1.60 bits per heavy atom. The first-order valence-electron chi connectivity index (χ1n) is 7.01. The Labute approximate surface area is 96.0 Å². The van der Waals surface area contributed by atoms with Crippen LogP contribution in [0.2, 0.25) is 0 Å². The molecule has 0 unspecified atom stereocenters. The van der Waals surface area contributed by atoms with E-state index in [-0.39, 0.29) is 0 Å². The minimum absolute atomic E-state index is 0.370. The fraction of sp³-hybridized carbons (Fsp3) is 1.00. The summed E-state index contributed by atoms with van der Waals surface area (Å²) in [5.74, 6) is 3.46. The Morgan fingerprint density at radius 1 is 0.867 bits per heavy atom. The highest BCUT2D eigenvalue weighted by atomic mass is 31.1. The van der Waals surface area contributed by atoms with Crippen molar-refractivity contribution in [3.8, 4) is 0 Å². The zero-order valence-corrected chi connectivity index (χ0v) is 11.2. The molecule has 4 bridgehead atoms. The highest BCUT2D eigenvalue weighted by Crippen LogP contribution is 2.68. The van der Waals surface area contributed by atoms with Gasteiger partial charge in [-0.05, 0) is 73.8 Å². The third kappa shape index (κ3) is 1.59. The third-order valence-corrected chi connectivity index (χ3v) is 8.86. The lowest BCUT2D eigenvalue weighted by Crippen LogP contribution is -2.49. The second kappa shape index (κ2) is 3.73. The molecule has 15 heavy (non-hydrogen) atoms. The van der Waals surface area contributed by atoms with Gasteiger partial charge < -0.3 is 0 Å². The van der Waals surface area contributed by atoms with Crippen LogP contribution in [0.3, 0.4) is 0 Å². The summed E-state index contributed by atoms with van der Waals surface area (Å²) in [6.45, 7) is 4.90. The molecule has 4 rings (SSSR count). The lowest BCUT2D eigenvalue weighted by Gasteiger charge is -2.59. The molecule has 0 N–H and O–H groups in total. The second-order valence-corrected chi connectivity index (χ2v) is 9.61. The summed E-state index contributed by atoms with van der Waals surface area (Å²) in [6, 6.07) is 0. The fourth-order valence-electron chi connectivity index (χ4n) is 5.35. The maximum atomic E-state index is 2.45. The van der Waals surface area contributed by atoms with Crippen LogP contribution in [0.4, 0.5) is 0 Å². The van der Waals surface area contributed by atoms with Gasteiger partial charge in [-0.2, -0.15) is 0 Å². The molecule has 0 aromatic rings. The van der Waals surface area contributed by atoms with E-state index in [9.17, 15) is 0 Å². The Balaban J connectivity index is 1.86. The predicted molar refractivity (Wildman–Crippen MR) is 68.9 cm³/mol. The summed E-state index contributed by atoms with van der Waals surface area (Å²) >= 11 is 0. The van der Waals surface area contributed by atoms with Gasteiger partial charge in [-0.25, -0.2) is 0 Å². The van der Waals surface area contributed by atoms with E-state index in [1.54, 1.807) is 38.5 Å². The van der Waals surface area contributed by atoms with Crippen molar-refractivity contribution in [1.29, 1.82) is 0 Å². The number of rotatable bonds is 3. The Hall–Kier alpha value is 0.430. The summed E-state index contributed by atoms with van der Waals surface area (Å²) in [5.41, 5.74) is 0. The number of hydrogen-bond acceptors (Lipinski definition) is 0. The van der Waals surface area contributed by atoms with E-state index in [0.29, 0.717) is 7.92 Å². The maximum absolute atomic E-state index is 2.45. The highest BCUT2D eigenvalue weighted by Gasteiger charge is 2.52. The second-order valence-electron chi connectivity index (χ2n) is 6.31. The van der Waals surface area contributed by atoms with Crippen LogP contribution in [-0.2, 0) is 0 Å². The standard InChI is InChI=1S/C14H25P/c1-3-15(4-2)14-8-11-5-12(9-14)7-13(6-11)10-14/h11-13H,3-10H2,1-2H3. The van der Waals surface area contributed by atoms with Gasteiger partial charge in [0.05, 0.1) is 0 Å². The molecule has 0 aromatic heterocycles. The smallest absolute Gasteiger partial charge is 0.00867 e. The summed E-state index contributed by atoms with van der Waals surface area (Å²) < 4.78 is 0. The van der Waals surface area contributed by atoms with Gasteiger partial charge >= 0.3 is 0 Å². The SMILES string of the molecule is CCP(CC)C12CC3CC(CC(C3)C1)C2. The predicted octanol–water partition coefficient (Wildman–Crippen LogP) is 4.48. The van der Waals surface area contributed by atoms with Crippen LogP contribution >= 0.6 is 7.92 Å². The molecule has 0 spiro atoms. The van der Waals surface area contributed by atoms with Gasteiger partial charge in [0.15, 0.2) is 0 Å². The normalized spacial score (nSPS) is 47.8. The van der Waals surface area contributed by atoms with Crippen molar-refractivity contribution in [2.75, 3.05) is 12.3 Å². The van der Waals surface area contributed by atoms with Crippen LogP contribution in [0.1, 0.15) is 52.4 Å². The summed E-state index contributed by atoms with van der Waals surface area (Å²) in [6.07, 6.45) is 12.7. The van der Waals surface area contributed by atoms with E-state index in [2.05, 4.69) is 13.8 Å². The van der Waals surface area contributed by atoms with Gasteiger partial charge in [0.1, 0.15) is 0 Å². The average molecular weight is 224 g/mol. The monoisotopic (exact) mass is 224 g/mol. The summed E-state index contributed by atoms with van der Waals surface area (Å²) in [4.78, 5) is 0. The molecule has 0 nitrogen and oxygen atoms in total. The lowest BCUT2D eigenvalue weighted by atomic mass is 9.56.